The summed E-state index contributed by atoms with van der Waals surface area (Å²) in [6.45, 7) is 2.66. The van der Waals surface area contributed by atoms with Crippen molar-refractivity contribution in [3.8, 4) is 28.7 Å². The number of anilines is 1. The van der Waals surface area contributed by atoms with Gasteiger partial charge >= 0.3 is 0 Å². The largest absolute Gasteiger partial charge is 0.493 e. The fraction of sp³-hybridized carbons (Fsp3) is 0.458. The molecule has 9 heteroatoms. The van der Waals surface area contributed by atoms with Crippen molar-refractivity contribution in [1.82, 2.24) is 5.32 Å². The lowest BCUT2D eigenvalue weighted by Gasteiger charge is -2.16. The fourth-order valence-corrected chi connectivity index (χ4v) is 3.48. The van der Waals surface area contributed by atoms with Crippen molar-refractivity contribution in [3.63, 3.8) is 0 Å². The molecule has 0 amide bonds. The van der Waals surface area contributed by atoms with Gasteiger partial charge in [-0.25, -0.2) is 4.99 Å². The molecule has 4 rings (SSSR count). The Labute approximate surface area is 212 Å². The summed E-state index contributed by atoms with van der Waals surface area (Å²) in [5.74, 6) is 4.74. The maximum atomic E-state index is 5.82. The number of hydrogen-bond donors (Lipinski definition) is 2. The molecule has 0 atom stereocenters. The molecule has 180 valence electrons. The van der Waals surface area contributed by atoms with Crippen LogP contribution in [0.5, 0.6) is 28.7 Å². The molecule has 0 saturated heterocycles. The van der Waals surface area contributed by atoms with Gasteiger partial charge in [0.1, 0.15) is 0 Å². The van der Waals surface area contributed by atoms with Crippen LogP contribution in [0.25, 0.3) is 0 Å². The molecule has 2 aromatic carbocycles. The molecule has 2 N–H and O–H groups in total. The summed E-state index contributed by atoms with van der Waals surface area (Å²) in [7, 11) is 4.81. The molecule has 0 aromatic heterocycles. The molecular weight excluding hydrogens is 537 g/mol. The predicted molar refractivity (Wildman–Crippen MR) is 139 cm³/mol. The van der Waals surface area contributed by atoms with Gasteiger partial charge in [-0.1, -0.05) is 0 Å². The van der Waals surface area contributed by atoms with E-state index in [1.165, 1.54) is 12.8 Å². The standard InChI is InChI=1S/C24H31N3O5.HI/c1-28-21-11-17(12-22(29-2)23(21)30-3)15-26-24(25-14-16-5-6-16)27-18-7-8-19-20(13-18)32-10-4-9-31-19;/h7-8,11-13,16H,4-6,9-10,14-15H2,1-3H3,(H2,25,26,27);1H. The normalized spacial score (nSPS) is 15.1. The number of hydrogen-bond acceptors (Lipinski definition) is 6. The van der Waals surface area contributed by atoms with E-state index in [0.717, 1.165) is 35.7 Å². The van der Waals surface area contributed by atoms with Gasteiger partial charge in [-0.05, 0) is 48.6 Å². The molecule has 1 aliphatic heterocycles. The van der Waals surface area contributed by atoms with E-state index in [4.69, 9.17) is 28.7 Å². The van der Waals surface area contributed by atoms with Crippen LogP contribution in [0.4, 0.5) is 5.69 Å². The average molecular weight is 569 g/mol. The maximum absolute atomic E-state index is 5.82. The highest BCUT2D eigenvalue weighted by Crippen LogP contribution is 2.38. The Bertz CT molecular complexity index is 940. The molecular formula is C24H32IN3O5. The zero-order valence-corrected chi connectivity index (χ0v) is 21.6. The third kappa shape index (κ3) is 6.72. The number of fused-ring (bicyclic) bond motifs is 1. The topological polar surface area (TPSA) is 82.6 Å². The monoisotopic (exact) mass is 569 g/mol. The molecule has 0 spiro atoms. The molecule has 0 bridgehead atoms. The first-order valence-corrected chi connectivity index (χ1v) is 10.9. The van der Waals surface area contributed by atoms with Crippen molar-refractivity contribution >= 4 is 35.6 Å². The van der Waals surface area contributed by atoms with Gasteiger partial charge in [-0.3, -0.25) is 0 Å². The van der Waals surface area contributed by atoms with Gasteiger partial charge in [0, 0.05) is 24.7 Å². The maximum Gasteiger partial charge on any atom is 0.203 e. The first-order valence-electron chi connectivity index (χ1n) is 10.9. The first-order chi connectivity index (χ1) is 15.7. The lowest BCUT2D eigenvalue weighted by molar-refractivity contribution is 0.297. The third-order valence-electron chi connectivity index (χ3n) is 5.41. The van der Waals surface area contributed by atoms with Crippen LogP contribution in [0, 0.1) is 5.92 Å². The van der Waals surface area contributed by atoms with Crippen molar-refractivity contribution in [2.24, 2.45) is 10.9 Å². The Morgan fingerprint density at radius 2 is 1.67 bits per heavy atom. The Kier molecular flexibility index (Phi) is 9.16. The van der Waals surface area contributed by atoms with Crippen LogP contribution in [0.2, 0.25) is 0 Å². The molecule has 8 nitrogen and oxygen atoms in total. The van der Waals surface area contributed by atoms with Gasteiger partial charge in [0.2, 0.25) is 5.75 Å². The van der Waals surface area contributed by atoms with Crippen LogP contribution >= 0.6 is 24.0 Å². The lowest BCUT2D eigenvalue weighted by Crippen LogP contribution is -2.32. The van der Waals surface area contributed by atoms with Crippen molar-refractivity contribution in [1.29, 1.82) is 0 Å². The Hall–Kier alpha value is -2.56. The van der Waals surface area contributed by atoms with Gasteiger partial charge in [-0.2, -0.15) is 0 Å². The summed E-state index contributed by atoms with van der Waals surface area (Å²) in [6, 6.07) is 9.68. The number of nitrogens with zero attached hydrogens (tertiary/aromatic N) is 1. The van der Waals surface area contributed by atoms with E-state index < -0.39 is 0 Å². The minimum absolute atomic E-state index is 0. The van der Waals surface area contributed by atoms with Crippen LogP contribution < -0.4 is 34.3 Å². The van der Waals surface area contributed by atoms with Crippen molar-refractivity contribution in [3.05, 3.63) is 35.9 Å². The quantitative estimate of drug-likeness (QED) is 0.276. The van der Waals surface area contributed by atoms with Crippen LogP contribution in [0.3, 0.4) is 0 Å². The van der Waals surface area contributed by atoms with Crippen molar-refractivity contribution < 1.29 is 23.7 Å². The zero-order valence-electron chi connectivity index (χ0n) is 19.3. The van der Waals surface area contributed by atoms with Crippen LogP contribution in [0.15, 0.2) is 35.3 Å². The highest BCUT2D eigenvalue weighted by Gasteiger charge is 2.21. The molecule has 2 aromatic rings. The number of rotatable bonds is 8. The van der Waals surface area contributed by atoms with E-state index in [1.807, 2.05) is 30.3 Å². The van der Waals surface area contributed by atoms with Crippen LogP contribution in [-0.2, 0) is 6.54 Å². The molecule has 1 saturated carbocycles. The van der Waals surface area contributed by atoms with Gasteiger partial charge in [0.25, 0.3) is 0 Å². The third-order valence-corrected chi connectivity index (χ3v) is 5.41. The minimum atomic E-state index is 0. The van der Waals surface area contributed by atoms with Crippen LogP contribution in [-0.4, -0.2) is 47.0 Å². The van der Waals surface area contributed by atoms with E-state index >= 15 is 0 Å². The lowest BCUT2D eigenvalue weighted by atomic mass is 10.2. The first kappa shape index (κ1) is 25.1. The second-order valence-corrected chi connectivity index (χ2v) is 7.86. The van der Waals surface area contributed by atoms with Crippen molar-refractivity contribution in [2.75, 3.05) is 46.4 Å². The second kappa shape index (κ2) is 12.1. The number of methoxy groups -OCH3 is 3. The number of guanidine groups is 1. The smallest absolute Gasteiger partial charge is 0.203 e. The van der Waals surface area contributed by atoms with E-state index in [-0.39, 0.29) is 24.0 Å². The van der Waals surface area contributed by atoms with E-state index in [9.17, 15) is 0 Å². The number of ether oxygens (including phenoxy) is 5. The molecule has 0 unspecified atom stereocenters. The average Bonchev–Trinajstić information content (AvgIpc) is 3.66. The summed E-state index contributed by atoms with van der Waals surface area (Å²) in [5.41, 5.74) is 1.84. The van der Waals surface area contributed by atoms with Crippen LogP contribution in [0.1, 0.15) is 24.8 Å². The fourth-order valence-electron chi connectivity index (χ4n) is 3.48. The number of benzene rings is 2. The second-order valence-electron chi connectivity index (χ2n) is 7.86. The van der Waals surface area contributed by atoms with Crippen molar-refractivity contribution in [2.45, 2.75) is 25.8 Å². The summed E-state index contributed by atoms with van der Waals surface area (Å²) in [5, 5.41) is 6.85. The summed E-state index contributed by atoms with van der Waals surface area (Å²) in [4.78, 5) is 4.80. The summed E-state index contributed by atoms with van der Waals surface area (Å²) >= 11 is 0. The minimum Gasteiger partial charge on any atom is -0.493 e. The summed E-state index contributed by atoms with van der Waals surface area (Å²) in [6.07, 6.45) is 3.40. The molecule has 1 aliphatic carbocycles. The van der Waals surface area contributed by atoms with Gasteiger partial charge in [0.15, 0.2) is 29.0 Å². The Morgan fingerprint density at radius 3 is 2.30 bits per heavy atom. The highest BCUT2D eigenvalue weighted by atomic mass is 127. The summed E-state index contributed by atoms with van der Waals surface area (Å²) < 4.78 is 27.9. The number of aliphatic imine (C=N–C) groups is 1. The molecule has 2 aliphatic rings. The number of halogens is 1. The van der Waals surface area contributed by atoms with E-state index in [2.05, 4.69) is 10.6 Å². The molecule has 1 heterocycles. The SMILES string of the molecule is COc1cc(CN=C(NCC2CC2)Nc2ccc3c(c2)OCCCO3)cc(OC)c1OC.I. The van der Waals surface area contributed by atoms with Gasteiger partial charge in [0.05, 0.1) is 41.1 Å². The van der Waals surface area contributed by atoms with Gasteiger partial charge < -0.3 is 34.3 Å². The molecule has 1 fully saturated rings. The van der Waals surface area contributed by atoms with Gasteiger partial charge in [-0.15, -0.1) is 24.0 Å². The van der Waals surface area contributed by atoms with E-state index in [0.29, 0.717) is 48.9 Å². The Morgan fingerprint density at radius 1 is 0.970 bits per heavy atom. The molecule has 33 heavy (non-hydrogen) atoms. The van der Waals surface area contributed by atoms with E-state index in [1.54, 1.807) is 21.3 Å². The molecule has 0 radical (unpaired) electrons. The number of nitrogens with one attached hydrogen (secondary N) is 2. The predicted octanol–water partition coefficient (Wildman–Crippen LogP) is 4.46. The highest BCUT2D eigenvalue weighted by molar-refractivity contribution is 14.0. The zero-order chi connectivity index (χ0) is 22.3. The Balaban J connectivity index is 0.00000306.